The molecule has 10 rings (SSSR count). The van der Waals surface area contributed by atoms with Gasteiger partial charge in [0.25, 0.3) is 0 Å². The van der Waals surface area contributed by atoms with Gasteiger partial charge in [0.1, 0.15) is 0 Å². The first-order chi connectivity index (χ1) is 25.3. The minimum absolute atomic E-state index is 0.191. The molecule has 0 aromatic heterocycles. The van der Waals surface area contributed by atoms with Crippen molar-refractivity contribution in [2.24, 2.45) is 0 Å². The molecule has 0 N–H and O–H groups in total. The predicted molar refractivity (Wildman–Crippen MR) is 217 cm³/mol. The Morgan fingerprint density at radius 2 is 0.667 bits per heavy atom. The zero-order valence-corrected chi connectivity index (χ0v) is 28.0. The molecule has 2 nitrogen and oxygen atoms in total. The quantitative estimate of drug-likeness (QED) is 0.159. The molecule has 0 aliphatic carbocycles. The SMILES string of the molecule is c1ccc(-c2ccc3c(c2)-c2cc(N(c4ccccc4)c4ccccc4)cc4c2B3c2ccc(N(c3ccccc3)c3ccccc3)cc2-4)cc1. The van der Waals surface area contributed by atoms with Crippen LogP contribution < -0.4 is 26.2 Å². The van der Waals surface area contributed by atoms with Crippen LogP contribution in [0.2, 0.25) is 0 Å². The van der Waals surface area contributed by atoms with E-state index in [2.05, 4.69) is 210 Å². The lowest BCUT2D eigenvalue weighted by atomic mass is 9.41. The first-order valence-electron chi connectivity index (χ1n) is 17.6. The normalized spacial score (nSPS) is 11.9. The van der Waals surface area contributed by atoms with Gasteiger partial charge in [-0.2, -0.15) is 0 Å². The highest BCUT2D eigenvalue weighted by Gasteiger charge is 2.42. The van der Waals surface area contributed by atoms with Crippen molar-refractivity contribution in [3.05, 3.63) is 200 Å². The summed E-state index contributed by atoms with van der Waals surface area (Å²) in [6.45, 7) is 0.191. The number of nitrogens with zero attached hydrogens (tertiary/aromatic N) is 2. The average Bonchev–Trinajstić information content (AvgIpc) is 3.71. The van der Waals surface area contributed by atoms with Gasteiger partial charge in [-0.3, -0.25) is 0 Å². The molecule has 8 aromatic rings. The average molecular weight is 649 g/mol. The van der Waals surface area contributed by atoms with Gasteiger partial charge in [0.05, 0.1) is 0 Å². The lowest BCUT2D eigenvalue weighted by Crippen LogP contribution is -2.45. The van der Waals surface area contributed by atoms with E-state index in [-0.39, 0.29) is 6.71 Å². The van der Waals surface area contributed by atoms with Crippen LogP contribution in [0.25, 0.3) is 33.4 Å². The molecule has 0 saturated heterocycles. The van der Waals surface area contributed by atoms with E-state index in [1.54, 1.807) is 0 Å². The molecule has 0 fully saturated rings. The van der Waals surface area contributed by atoms with E-state index in [9.17, 15) is 0 Å². The van der Waals surface area contributed by atoms with Crippen molar-refractivity contribution in [1.29, 1.82) is 0 Å². The number of rotatable bonds is 7. The van der Waals surface area contributed by atoms with Gasteiger partial charge in [0.2, 0.25) is 6.71 Å². The van der Waals surface area contributed by atoms with Crippen molar-refractivity contribution >= 4 is 57.2 Å². The number of hydrogen-bond acceptors (Lipinski definition) is 2. The van der Waals surface area contributed by atoms with Crippen molar-refractivity contribution in [3.8, 4) is 33.4 Å². The fraction of sp³-hybridized carbons (Fsp3) is 0. The zero-order chi connectivity index (χ0) is 33.7. The van der Waals surface area contributed by atoms with Crippen LogP contribution in [0.1, 0.15) is 0 Å². The molecule has 2 aliphatic heterocycles. The molecule has 2 aliphatic rings. The number of hydrogen-bond donors (Lipinski definition) is 0. The molecule has 0 spiro atoms. The summed E-state index contributed by atoms with van der Waals surface area (Å²) in [4.78, 5) is 4.76. The van der Waals surface area contributed by atoms with E-state index >= 15 is 0 Å². The van der Waals surface area contributed by atoms with E-state index in [4.69, 9.17) is 0 Å². The lowest BCUT2D eigenvalue weighted by Gasteiger charge is -2.27. The van der Waals surface area contributed by atoms with Crippen LogP contribution in [-0.4, -0.2) is 6.71 Å². The van der Waals surface area contributed by atoms with Crippen LogP contribution in [0.3, 0.4) is 0 Å². The van der Waals surface area contributed by atoms with Crippen LogP contribution in [-0.2, 0) is 0 Å². The zero-order valence-electron chi connectivity index (χ0n) is 28.0. The van der Waals surface area contributed by atoms with Crippen LogP contribution >= 0.6 is 0 Å². The van der Waals surface area contributed by atoms with Crippen LogP contribution in [0.4, 0.5) is 34.1 Å². The highest BCUT2D eigenvalue weighted by atomic mass is 15.1. The van der Waals surface area contributed by atoms with Crippen LogP contribution in [0.5, 0.6) is 0 Å². The highest BCUT2D eigenvalue weighted by Crippen LogP contribution is 2.44. The molecule has 0 amide bonds. The topological polar surface area (TPSA) is 6.48 Å². The second kappa shape index (κ2) is 12.1. The van der Waals surface area contributed by atoms with Gasteiger partial charge in [-0.1, -0.05) is 138 Å². The van der Waals surface area contributed by atoms with E-state index in [0.29, 0.717) is 0 Å². The summed E-state index contributed by atoms with van der Waals surface area (Å²) in [5.41, 5.74) is 18.7. The van der Waals surface area contributed by atoms with Gasteiger partial charge < -0.3 is 9.80 Å². The minimum atomic E-state index is 0.191. The standard InChI is InChI=1S/C48H33BN2/c1-6-16-34(17-7-1)35-26-28-46-42(30-35)44-32-41(51(38-22-12-4-13-23-38)39-24-14-5-15-25-39)33-45-43-31-40(27-29-47(43)49(46)48(44)45)50(36-18-8-2-9-19-36)37-20-10-3-11-21-37/h1-33H. The van der Waals surface area contributed by atoms with Gasteiger partial charge in [-0.15, -0.1) is 0 Å². The molecule has 0 saturated carbocycles. The van der Waals surface area contributed by atoms with E-state index in [1.807, 2.05) is 0 Å². The molecule has 3 heteroatoms. The van der Waals surface area contributed by atoms with Gasteiger partial charge in [-0.05, 0) is 112 Å². The van der Waals surface area contributed by atoms with Crippen molar-refractivity contribution < 1.29 is 0 Å². The van der Waals surface area contributed by atoms with Crippen molar-refractivity contribution in [1.82, 2.24) is 0 Å². The van der Waals surface area contributed by atoms with Crippen molar-refractivity contribution in [2.75, 3.05) is 9.80 Å². The van der Waals surface area contributed by atoms with Gasteiger partial charge in [0.15, 0.2) is 0 Å². The fourth-order valence-electron chi connectivity index (χ4n) is 8.22. The molecular weight excluding hydrogens is 615 g/mol. The highest BCUT2D eigenvalue weighted by molar-refractivity contribution is 7.02. The third kappa shape index (κ3) is 4.89. The predicted octanol–water partition coefficient (Wildman–Crippen LogP) is 10.8. The molecule has 0 radical (unpaired) electrons. The van der Waals surface area contributed by atoms with Gasteiger partial charge in [-0.25, -0.2) is 0 Å². The summed E-state index contributed by atoms with van der Waals surface area (Å²) in [6, 6.07) is 72.7. The second-order valence-corrected chi connectivity index (χ2v) is 13.3. The van der Waals surface area contributed by atoms with Crippen LogP contribution in [0, 0.1) is 0 Å². The molecule has 238 valence electrons. The summed E-state index contributed by atoms with van der Waals surface area (Å²) in [6.07, 6.45) is 0. The Hall–Kier alpha value is -6.58. The lowest BCUT2D eigenvalue weighted by molar-refractivity contribution is 1.28. The third-order valence-corrected chi connectivity index (χ3v) is 10.4. The summed E-state index contributed by atoms with van der Waals surface area (Å²) < 4.78 is 0. The number of anilines is 6. The maximum absolute atomic E-state index is 2.43. The molecule has 0 atom stereocenters. The minimum Gasteiger partial charge on any atom is -0.310 e. The Morgan fingerprint density at radius 3 is 1.16 bits per heavy atom. The molecule has 51 heavy (non-hydrogen) atoms. The summed E-state index contributed by atoms with van der Waals surface area (Å²) in [5.74, 6) is 0. The monoisotopic (exact) mass is 648 g/mol. The Balaban J connectivity index is 1.22. The first-order valence-corrected chi connectivity index (χ1v) is 17.6. The summed E-state index contributed by atoms with van der Waals surface area (Å²) in [5, 5.41) is 0. The largest absolute Gasteiger partial charge is 0.310 e. The number of benzene rings is 8. The fourth-order valence-corrected chi connectivity index (χ4v) is 8.22. The van der Waals surface area contributed by atoms with Crippen molar-refractivity contribution in [3.63, 3.8) is 0 Å². The molecular formula is C48H33BN2. The molecule has 0 unspecified atom stereocenters. The Bertz CT molecular complexity index is 2440. The van der Waals surface area contributed by atoms with Gasteiger partial charge >= 0.3 is 0 Å². The maximum Gasteiger partial charge on any atom is 0.244 e. The Morgan fingerprint density at radius 1 is 0.275 bits per heavy atom. The maximum atomic E-state index is 2.43. The summed E-state index contributed by atoms with van der Waals surface area (Å²) >= 11 is 0. The molecule has 0 bridgehead atoms. The Labute approximate surface area is 299 Å². The first kappa shape index (κ1) is 29.4. The van der Waals surface area contributed by atoms with E-state index in [0.717, 1.165) is 34.1 Å². The number of para-hydroxylation sites is 4. The van der Waals surface area contributed by atoms with E-state index in [1.165, 1.54) is 49.8 Å². The van der Waals surface area contributed by atoms with Crippen LogP contribution in [0.15, 0.2) is 200 Å². The second-order valence-electron chi connectivity index (χ2n) is 13.3. The van der Waals surface area contributed by atoms with Gasteiger partial charge in [0, 0.05) is 34.1 Å². The van der Waals surface area contributed by atoms with Crippen molar-refractivity contribution in [2.45, 2.75) is 0 Å². The third-order valence-electron chi connectivity index (χ3n) is 10.4. The molecule has 8 aromatic carbocycles. The smallest absolute Gasteiger partial charge is 0.244 e. The summed E-state index contributed by atoms with van der Waals surface area (Å²) in [7, 11) is 0. The van der Waals surface area contributed by atoms with E-state index < -0.39 is 0 Å². The molecule has 2 heterocycles. The Kier molecular flexibility index (Phi) is 6.95. The number of fused-ring (bicyclic) bond motifs is 6.